The third-order valence-corrected chi connectivity index (χ3v) is 3.43. The summed E-state index contributed by atoms with van der Waals surface area (Å²) in [6.07, 6.45) is 3.66. The zero-order valence-electron chi connectivity index (χ0n) is 10.5. The highest BCUT2D eigenvalue weighted by Gasteiger charge is 2.26. The van der Waals surface area contributed by atoms with E-state index >= 15 is 0 Å². The first-order chi connectivity index (χ1) is 8.81. The Labute approximate surface area is 108 Å². The predicted octanol–water partition coefficient (Wildman–Crippen LogP) is 1.50. The average Bonchev–Trinajstić information content (AvgIpc) is 2.41. The van der Waals surface area contributed by atoms with Gasteiger partial charge in [0.2, 0.25) is 5.91 Å². The highest BCUT2D eigenvalue weighted by atomic mass is 16.6. The Kier molecular flexibility index (Phi) is 4.73. The van der Waals surface area contributed by atoms with E-state index in [0.29, 0.717) is 13.0 Å². The zero-order chi connectivity index (χ0) is 12.8. The molecule has 1 heterocycles. The molecule has 0 aromatic heterocycles. The molecule has 2 N–H and O–H groups in total. The maximum absolute atomic E-state index is 12.3. The fourth-order valence-corrected chi connectivity index (χ4v) is 2.49. The molecule has 1 atom stereocenters. The monoisotopic (exact) mass is 248 g/mol. The minimum Gasteiger partial charge on any atom is -0.337 e. The lowest BCUT2D eigenvalue weighted by Crippen LogP contribution is -2.47. The minimum atomic E-state index is 0.139. The van der Waals surface area contributed by atoms with Gasteiger partial charge < -0.3 is 9.74 Å². The second-order valence-corrected chi connectivity index (χ2v) is 4.73. The van der Waals surface area contributed by atoms with Gasteiger partial charge in [0.15, 0.2) is 0 Å². The first kappa shape index (κ1) is 13.1. The smallest absolute Gasteiger partial charge is 0.227 e. The highest BCUT2D eigenvalue weighted by molar-refractivity contribution is 5.79. The molecule has 1 aromatic rings. The summed E-state index contributed by atoms with van der Waals surface area (Å²) in [6, 6.07) is 9.98. The van der Waals surface area contributed by atoms with Crippen LogP contribution in [-0.4, -0.2) is 30.0 Å². The van der Waals surface area contributed by atoms with Gasteiger partial charge in [0.25, 0.3) is 0 Å². The van der Waals surface area contributed by atoms with Crippen molar-refractivity contribution in [3.8, 4) is 0 Å². The Morgan fingerprint density at radius 2 is 2.11 bits per heavy atom. The van der Waals surface area contributed by atoms with Crippen molar-refractivity contribution in [2.75, 3.05) is 13.2 Å². The largest absolute Gasteiger partial charge is 0.337 e. The number of rotatable bonds is 4. The molecule has 1 amide bonds. The Hall–Kier alpha value is -1.39. The van der Waals surface area contributed by atoms with E-state index in [1.807, 2.05) is 35.2 Å². The van der Waals surface area contributed by atoms with Crippen molar-refractivity contribution < 1.29 is 9.63 Å². The Bertz CT molecular complexity index is 379. The molecule has 1 saturated heterocycles. The molecule has 98 valence electrons. The van der Waals surface area contributed by atoms with Crippen LogP contribution >= 0.6 is 0 Å². The maximum Gasteiger partial charge on any atom is 0.227 e. The fraction of sp³-hybridized carbons (Fsp3) is 0.500. The second-order valence-electron chi connectivity index (χ2n) is 4.73. The van der Waals surface area contributed by atoms with Crippen molar-refractivity contribution in [2.24, 2.45) is 5.90 Å². The molecule has 2 rings (SSSR count). The number of amides is 1. The predicted molar refractivity (Wildman–Crippen MR) is 69.6 cm³/mol. The van der Waals surface area contributed by atoms with Crippen molar-refractivity contribution in [1.29, 1.82) is 0 Å². The lowest BCUT2D eigenvalue weighted by atomic mass is 10.0. The lowest BCUT2D eigenvalue weighted by molar-refractivity contribution is -0.135. The maximum atomic E-state index is 12.3. The second kappa shape index (κ2) is 6.52. The van der Waals surface area contributed by atoms with Gasteiger partial charge in [-0.2, -0.15) is 0 Å². The van der Waals surface area contributed by atoms with Crippen LogP contribution in [0.5, 0.6) is 0 Å². The number of hydrogen-bond acceptors (Lipinski definition) is 3. The van der Waals surface area contributed by atoms with E-state index in [2.05, 4.69) is 0 Å². The van der Waals surface area contributed by atoms with Crippen LogP contribution < -0.4 is 5.90 Å². The summed E-state index contributed by atoms with van der Waals surface area (Å²) in [5.41, 5.74) is 1.06. The highest BCUT2D eigenvalue weighted by Crippen LogP contribution is 2.18. The van der Waals surface area contributed by atoms with E-state index in [0.717, 1.165) is 31.4 Å². The number of carbonyl (C=O) groups excluding carboxylic acids is 1. The quantitative estimate of drug-likeness (QED) is 0.822. The molecule has 4 heteroatoms. The van der Waals surface area contributed by atoms with Crippen LogP contribution in [0.15, 0.2) is 30.3 Å². The third kappa shape index (κ3) is 3.31. The van der Waals surface area contributed by atoms with Gasteiger partial charge in [-0.3, -0.25) is 4.79 Å². The van der Waals surface area contributed by atoms with Gasteiger partial charge in [-0.25, -0.2) is 5.90 Å². The molecule has 0 aliphatic carbocycles. The summed E-state index contributed by atoms with van der Waals surface area (Å²) < 4.78 is 0. The zero-order valence-corrected chi connectivity index (χ0v) is 10.5. The van der Waals surface area contributed by atoms with Crippen LogP contribution in [0.25, 0.3) is 0 Å². The van der Waals surface area contributed by atoms with Crippen LogP contribution in [0.4, 0.5) is 0 Å². The van der Waals surface area contributed by atoms with E-state index in [9.17, 15) is 4.79 Å². The van der Waals surface area contributed by atoms with Crippen molar-refractivity contribution in [3.63, 3.8) is 0 Å². The summed E-state index contributed by atoms with van der Waals surface area (Å²) in [6.45, 7) is 1.25. The number of likely N-dealkylation sites (tertiary alicyclic amines) is 1. The van der Waals surface area contributed by atoms with Crippen molar-refractivity contribution in [1.82, 2.24) is 4.90 Å². The van der Waals surface area contributed by atoms with E-state index < -0.39 is 0 Å². The van der Waals surface area contributed by atoms with Crippen LogP contribution in [0.3, 0.4) is 0 Å². The normalized spacial score (nSPS) is 19.8. The van der Waals surface area contributed by atoms with Gasteiger partial charge in [-0.1, -0.05) is 30.3 Å². The average molecular weight is 248 g/mol. The summed E-state index contributed by atoms with van der Waals surface area (Å²) >= 11 is 0. The standard InChI is InChI=1S/C14H20N2O2/c15-18-11-13-8-4-5-9-16(13)14(17)10-12-6-2-1-3-7-12/h1-3,6-7,13H,4-5,8-11,15H2. The number of hydrogen-bond donors (Lipinski definition) is 1. The number of carbonyl (C=O) groups is 1. The SMILES string of the molecule is NOCC1CCCCN1C(=O)Cc1ccccc1. The first-order valence-corrected chi connectivity index (χ1v) is 6.46. The summed E-state index contributed by atoms with van der Waals surface area (Å²) in [5.74, 6) is 5.31. The third-order valence-electron chi connectivity index (χ3n) is 3.43. The number of piperidine rings is 1. The van der Waals surface area contributed by atoms with Crippen molar-refractivity contribution in [2.45, 2.75) is 31.7 Å². The Balaban J connectivity index is 1.98. The summed E-state index contributed by atoms with van der Waals surface area (Å²) in [4.78, 5) is 18.9. The number of benzene rings is 1. The molecule has 1 fully saturated rings. The molecule has 0 bridgehead atoms. The molecular formula is C14H20N2O2. The number of nitrogens with zero attached hydrogens (tertiary/aromatic N) is 1. The van der Waals surface area contributed by atoms with E-state index in [1.54, 1.807) is 0 Å². The number of nitrogens with two attached hydrogens (primary N) is 1. The first-order valence-electron chi connectivity index (χ1n) is 6.46. The van der Waals surface area contributed by atoms with Crippen LogP contribution in [0.1, 0.15) is 24.8 Å². The van der Waals surface area contributed by atoms with Gasteiger partial charge in [0.05, 0.1) is 19.1 Å². The molecule has 18 heavy (non-hydrogen) atoms. The molecule has 1 unspecified atom stereocenters. The van der Waals surface area contributed by atoms with Crippen LogP contribution in [-0.2, 0) is 16.1 Å². The molecule has 0 spiro atoms. The Morgan fingerprint density at radius 3 is 2.83 bits per heavy atom. The molecule has 1 aromatic carbocycles. The van der Waals surface area contributed by atoms with Gasteiger partial charge in [0.1, 0.15) is 0 Å². The molecule has 0 radical (unpaired) electrons. The van der Waals surface area contributed by atoms with Gasteiger partial charge in [0, 0.05) is 6.54 Å². The fourth-order valence-electron chi connectivity index (χ4n) is 2.49. The Morgan fingerprint density at radius 1 is 1.33 bits per heavy atom. The summed E-state index contributed by atoms with van der Waals surface area (Å²) in [7, 11) is 0. The van der Waals surface area contributed by atoms with E-state index in [1.165, 1.54) is 0 Å². The topological polar surface area (TPSA) is 55.6 Å². The van der Waals surface area contributed by atoms with Crippen molar-refractivity contribution >= 4 is 5.91 Å². The van der Waals surface area contributed by atoms with Gasteiger partial charge in [-0.05, 0) is 24.8 Å². The van der Waals surface area contributed by atoms with E-state index in [4.69, 9.17) is 10.7 Å². The molecule has 0 saturated carbocycles. The molecular weight excluding hydrogens is 228 g/mol. The van der Waals surface area contributed by atoms with Crippen LogP contribution in [0, 0.1) is 0 Å². The summed E-state index contributed by atoms with van der Waals surface area (Å²) in [5, 5.41) is 0. The van der Waals surface area contributed by atoms with Crippen LogP contribution in [0.2, 0.25) is 0 Å². The minimum absolute atomic E-state index is 0.139. The molecule has 1 aliphatic rings. The molecule has 1 aliphatic heterocycles. The molecule has 4 nitrogen and oxygen atoms in total. The van der Waals surface area contributed by atoms with Gasteiger partial charge >= 0.3 is 0 Å². The van der Waals surface area contributed by atoms with E-state index in [-0.39, 0.29) is 11.9 Å². The lowest BCUT2D eigenvalue weighted by Gasteiger charge is -2.35. The van der Waals surface area contributed by atoms with Crippen molar-refractivity contribution in [3.05, 3.63) is 35.9 Å². The van der Waals surface area contributed by atoms with Gasteiger partial charge in [-0.15, -0.1) is 0 Å².